The predicted molar refractivity (Wildman–Crippen MR) is 104 cm³/mol. The van der Waals surface area contributed by atoms with Crippen molar-refractivity contribution >= 4 is 11.9 Å². The van der Waals surface area contributed by atoms with E-state index in [4.69, 9.17) is 4.74 Å². The highest BCUT2D eigenvalue weighted by molar-refractivity contribution is 5.92. The van der Waals surface area contributed by atoms with Crippen molar-refractivity contribution in [1.29, 1.82) is 0 Å². The number of hydrogen-bond donors (Lipinski definition) is 2. The van der Waals surface area contributed by atoms with Crippen LogP contribution in [0.4, 0.5) is 5.95 Å². The van der Waals surface area contributed by atoms with Gasteiger partial charge in [0.2, 0.25) is 5.95 Å². The van der Waals surface area contributed by atoms with Gasteiger partial charge in [-0.25, -0.2) is 9.97 Å². The van der Waals surface area contributed by atoms with Gasteiger partial charge in [0.25, 0.3) is 5.91 Å². The normalized spacial score (nSPS) is 10.7. The van der Waals surface area contributed by atoms with Gasteiger partial charge in [-0.1, -0.05) is 26.0 Å². The molecule has 0 radical (unpaired) electrons. The Kier molecular flexibility index (Phi) is 7.38. The van der Waals surface area contributed by atoms with E-state index >= 15 is 0 Å². The molecule has 2 rings (SSSR count). The van der Waals surface area contributed by atoms with E-state index < -0.39 is 0 Å². The summed E-state index contributed by atoms with van der Waals surface area (Å²) in [5, 5.41) is 6.11. The Morgan fingerprint density at radius 1 is 1.19 bits per heavy atom. The fraction of sp³-hybridized carbons (Fsp3) is 0.450. The second-order valence-corrected chi connectivity index (χ2v) is 6.68. The molecule has 0 aliphatic carbocycles. The molecular weight excluding hydrogens is 328 g/mol. The number of methoxy groups -OCH3 is 1. The van der Waals surface area contributed by atoms with Crippen LogP contribution in [0.1, 0.15) is 42.0 Å². The molecule has 0 atom stereocenters. The Balaban J connectivity index is 1.90. The summed E-state index contributed by atoms with van der Waals surface area (Å²) in [6, 6.07) is 9.53. The first-order chi connectivity index (χ1) is 12.5. The maximum absolute atomic E-state index is 12.4. The number of rotatable bonds is 9. The number of amides is 1. The molecule has 0 bridgehead atoms. The standard InChI is InChI=1S/C20H28N4O2/c1-14(2)8-10-22-20-23-15(3)12-18(24-20)19(25)21-11-9-16-6-5-7-17(13-16)26-4/h5-7,12-14H,8-11H2,1-4H3,(H,21,25)(H,22,23,24). The number of nitrogens with zero attached hydrogens (tertiary/aromatic N) is 2. The Hall–Kier alpha value is -2.63. The summed E-state index contributed by atoms with van der Waals surface area (Å²) in [6.07, 6.45) is 1.76. The average molecular weight is 356 g/mol. The van der Waals surface area contributed by atoms with Crippen LogP contribution in [0.5, 0.6) is 5.75 Å². The number of ether oxygens (including phenoxy) is 1. The lowest BCUT2D eigenvalue weighted by molar-refractivity contribution is 0.0949. The summed E-state index contributed by atoms with van der Waals surface area (Å²) in [4.78, 5) is 21.1. The van der Waals surface area contributed by atoms with Crippen LogP contribution in [0.2, 0.25) is 0 Å². The van der Waals surface area contributed by atoms with Crippen LogP contribution in [0.3, 0.4) is 0 Å². The van der Waals surface area contributed by atoms with Gasteiger partial charge in [-0.3, -0.25) is 4.79 Å². The second-order valence-electron chi connectivity index (χ2n) is 6.68. The number of aryl methyl sites for hydroxylation is 1. The van der Waals surface area contributed by atoms with Crippen molar-refractivity contribution in [3.05, 3.63) is 47.3 Å². The van der Waals surface area contributed by atoms with Gasteiger partial charge in [0.1, 0.15) is 11.4 Å². The van der Waals surface area contributed by atoms with Crippen molar-refractivity contribution in [1.82, 2.24) is 15.3 Å². The molecule has 26 heavy (non-hydrogen) atoms. The lowest BCUT2D eigenvalue weighted by Crippen LogP contribution is -2.27. The molecule has 0 saturated carbocycles. The molecule has 140 valence electrons. The molecule has 6 nitrogen and oxygen atoms in total. The highest BCUT2D eigenvalue weighted by Gasteiger charge is 2.10. The molecule has 0 aliphatic rings. The minimum Gasteiger partial charge on any atom is -0.497 e. The molecule has 0 spiro atoms. The van der Waals surface area contributed by atoms with Crippen molar-refractivity contribution in [3.8, 4) is 5.75 Å². The number of hydrogen-bond acceptors (Lipinski definition) is 5. The minimum atomic E-state index is -0.190. The third-order valence-corrected chi connectivity index (χ3v) is 3.93. The van der Waals surface area contributed by atoms with Crippen molar-refractivity contribution in [3.63, 3.8) is 0 Å². The van der Waals surface area contributed by atoms with Gasteiger partial charge in [-0.05, 0) is 49.4 Å². The largest absolute Gasteiger partial charge is 0.497 e. The summed E-state index contributed by atoms with van der Waals surface area (Å²) >= 11 is 0. The van der Waals surface area contributed by atoms with E-state index in [0.29, 0.717) is 24.1 Å². The summed E-state index contributed by atoms with van der Waals surface area (Å²) < 4.78 is 5.21. The number of carbonyl (C=O) groups excluding carboxylic acids is 1. The Morgan fingerprint density at radius 2 is 2.00 bits per heavy atom. The molecule has 1 amide bonds. The van der Waals surface area contributed by atoms with Crippen molar-refractivity contribution in [2.45, 2.75) is 33.6 Å². The van der Waals surface area contributed by atoms with Crippen molar-refractivity contribution in [2.24, 2.45) is 5.92 Å². The first-order valence-corrected chi connectivity index (χ1v) is 8.98. The van der Waals surface area contributed by atoms with Crippen LogP contribution in [0.25, 0.3) is 0 Å². The van der Waals surface area contributed by atoms with Gasteiger partial charge in [0.15, 0.2) is 0 Å². The van der Waals surface area contributed by atoms with E-state index in [1.165, 1.54) is 0 Å². The van der Waals surface area contributed by atoms with Gasteiger partial charge in [0.05, 0.1) is 7.11 Å². The van der Waals surface area contributed by atoms with E-state index in [1.807, 2.05) is 31.2 Å². The molecule has 0 aliphatic heterocycles. The number of aromatic nitrogens is 2. The fourth-order valence-corrected chi connectivity index (χ4v) is 2.48. The predicted octanol–water partition coefficient (Wildman–Crippen LogP) is 3.22. The molecule has 0 fully saturated rings. The van der Waals surface area contributed by atoms with Gasteiger partial charge < -0.3 is 15.4 Å². The van der Waals surface area contributed by atoms with Gasteiger partial charge >= 0.3 is 0 Å². The zero-order valence-corrected chi connectivity index (χ0v) is 16.0. The number of anilines is 1. The van der Waals surface area contributed by atoms with Gasteiger partial charge in [0, 0.05) is 18.8 Å². The zero-order valence-electron chi connectivity index (χ0n) is 16.0. The number of benzene rings is 1. The van der Waals surface area contributed by atoms with Crippen LogP contribution < -0.4 is 15.4 Å². The van der Waals surface area contributed by atoms with E-state index in [9.17, 15) is 4.79 Å². The van der Waals surface area contributed by atoms with Crippen LogP contribution in [-0.4, -0.2) is 36.1 Å². The molecule has 6 heteroatoms. The Labute approximate surface area is 155 Å². The Bertz CT molecular complexity index is 732. The smallest absolute Gasteiger partial charge is 0.270 e. The molecule has 0 saturated heterocycles. The highest BCUT2D eigenvalue weighted by Crippen LogP contribution is 2.12. The number of nitrogens with one attached hydrogen (secondary N) is 2. The molecule has 0 unspecified atom stereocenters. The topological polar surface area (TPSA) is 76.1 Å². The number of carbonyl (C=O) groups is 1. The lowest BCUT2D eigenvalue weighted by atomic mass is 10.1. The maximum atomic E-state index is 12.4. The van der Waals surface area contributed by atoms with E-state index in [0.717, 1.165) is 36.4 Å². The zero-order chi connectivity index (χ0) is 18.9. The monoisotopic (exact) mass is 356 g/mol. The molecular formula is C20H28N4O2. The van der Waals surface area contributed by atoms with Crippen LogP contribution >= 0.6 is 0 Å². The minimum absolute atomic E-state index is 0.190. The summed E-state index contributed by atoms with van der Waals surface area (Å²) in [5.41, 5.74) is 2.26. The quantitative estimate of drug-likeness (QED) is 0.721. The van der Waals surface area contributed by atoms with Crippen LogP contribution in [0.15, 0.2) is 30.3 Å². The second kappa shape index (κ2) is 9.75. The van der Waals surface area contributed by atoms with E-state index in [1.54, 1.807) is 13.2 Å². The first-order valence-electron chi connectivity index (χ1n) is 8.98. The first kappa shape index (κ1) is 19.7. The molecule has 1 heterocycles. The molecule has 2 N–H and O–H groups in total. The maximum Gasteiger partial charge on any atom is 0.270 e. The van der Waals surface area contributed by atoms with Crippen molar-refractivity contribution in [2.75, 3.05) is 25.5 Å². The van der Waals surface area contributed by atoms with Crippen LogP contribution in [0, 0.1) is 12.8 Å². The highest BCUT2D eigenvalue weighted by atomic mass is 16.5. The van der Waals surface area contributed by atoms with Gasteiger partial charge in [-0.2, -0.15) is 0 Å². The Morgan fingerprint density at radius 3 is 2.73 bits per heavy atom. The molecule has 1 aromatic carbocycles. The van der Waals surface area contributed by atoms with Gasteiger partial charge in [-0.15, -0.1) is 0 Å². The summed E-state index contributed by atoms with van der Waals surface area (Å²) in [5.74, 6) is 1.73. The SMILES string of the molecule is COc1cccc(CCNC(=O)c2cc(C)nc(NCCC(C)C)n2)c1. The van der Waals surface area contributed by atoms with E-state index in [-0.39, 0.29) is 5.91 Å². The average Bonchev–Trinajstić information content (AvgIpc) is 2.61. The van der Waals surface area contributed by atoms with E-state index in [2.05, 4.69) is 34.4 Å². The lowest BCUT2D eigenvalue weighted by Gasteiger charge is -2.10. The summed E-state index contributed by atoms with van der Waals surface area (Å²) in [6.45, 7) is 7.52. The molecule has 2 aromatic rings. The molecule has 1 aromatic heterocycles. The fourth-order valence-electron chi connectivity index (χ4n) is 2.48. The van der Waals surface area contributed by atoms with Crippen LogP contribution in [-0.2, 0) is 6.42 Å². The third kappa shape index (κ3) is 6.35. The summed E-state index contributed by atoms with van der Waals surface area (Å²) in [7, 11) is 1.64. The van der Waals surface area contributed by atoms with Crippen molar-refractivity contribution < 1.29 is 9.53 Å². The third-order valence-electron chi connectivity index (χ3n) is 3.93.